The molecule has 6 nitrogen and oxygen atoms in total. The lowest BCUT2D eigenvalue weighted by Crippen LogP contribution is -2.14. The zero-order chi connectivity index (χ0) is 19.2. The van der Waals surface area contributed by atoms with Gasteiger partial charge in [0.2, 0.25) is 5.91 Å². The molecule has 0 aliphatic heterocycles. The summed E-state index contributed by atoms with van der Waals surface area (Å²) in [4.78, 5) is 12.1. The van der Waals surface area contributed by atoms with Crippen molar-refractivity contribution >= 4 is 23.4 Å². The minimum atomic E-state index is -0.375. The van der Waals surface area contributed by atoms with Gasteiger partial charge in [-0.2, -0.15) is 0 Å². The molecule has 0 saturated heterocycles. The van der Waals surface area contributed by atoms with E-state index in [1.54, 1.807) is 16.7 Å². The molecule has 1 unspecified atom stereocenters. The molecule has 0 saturated carbocycles. The number of halogens is 1. The summed E-state index contributed by atoms with van der Waals surface area (Å²) < 4.78 is 20.5. The molecular weight excluding hydrogens is 367 g/mol. The molecule has 0 radical (unpaired) electrons. The van der Waals surface area contributed by atoms with Gasteiger partial charge in [0.1, 0.15) is 11.6 Å². The summed E-state index contributed by atoms with van der Waals surface area (Å²) in [5.41, 5.74) is 0.753. The summed E-state index contributed by atoms with van der Waals surface area (Å²) in [6.45, 7) is 1.84. The lowest BCUT2D eigenvalue weighted by molar-refractivity contribution is -0.113. The lowest BCUT2D eigenvalue weighted by Gasteiger charge is -2.14. The number of carbonyl (C=O) groups is 1. The smallest absolute Gasteiger partial charge is 0.234 e. The molecule has 8 heteroatoms. The van der Waals surface area contributed by atoms with Crippen LogP contribution in [0, 0.1) is 5.82 Å². The number of anilines is 1. The number of aromatic nitrogens is 3. The highest BCUT2D eigenvalue weighted by atomic mass is 32.2. The predicted molar refractivity (Wildman–Crippen MR) is 102 cm³/mol. The summed E-state index contributed by atoms with van der Waals surface area (Å²) in [5.74, 6) is 0.940. The fourth-order valence-corrected chi connectivity index (χ4v) is 3.14. The van der Waals surface area contributed by atoms with Gasteiger partial charge in [0.25, 0.3) is 0 Å². The minimum Gasteiger partial charge on any atom is -0.483 e. The second kappa shape index (κ2) is 8.68. The van der Waals surface area contributed by atoms with E-state index in [1.165, 1.54) is 23.9 Å². The summed E-state index contributed by atoms with van der Waals surface area (Å²) in [6, 6.07) is 15.1. The Balaban J connectivity index is 1.57. The molecule has 0 bridgehead atoms. The Labute approximate surface area is 160 Å². The molecule has 1 N–H and O–H groups in total. The summed E-state index contributed by atoms with van der Waals surface area (Å²) in [5, 5.41) is 11.7. The fraction of sp³-hybridized carbons (Fsp3) is 0.211. The Kier molecular flexibility index (Phi) is 6.08. The normalized spacial score (nSPS) is 11.8. The molecule has 1 amide bonds. The van der Waals surface area contributed by atoms with Crippen molar-refractivity contribution in [3.05, 3.63) is 66.2 Å². The fourth-order valence-electron chi connectivity index (χ4n) is 2.42. The van der Waals surface area contributed by atoms with Crippen LogP contribution in [0.4, 0.5) is 10.1 Å². The van der Waals surface area contributed by atoms with Crippen molar-refractivity contribution in [2.45, 2.75) is 18.2 Å². The first-order valence-corrected chi connectivity index (χ1v) is 9.30. The third-order valence-corrected chi connectivity index (χ3v) is 4.77. The monoisotopic (exact) mass is 386 g/mol. The molecule has 3 rings (SSSR count). The van der Waals surface area contributed by atoms with Gasteiger partial charge in [-0.25, -0.2) is 4.39 Å². The van der Waals surface area contributed by atoms with Crippen LogP contribution >= 0.6 is 11.8 Å². The van der Waals surface area contributed by atoms with Crippen LogP contribution in [0.3, 0.4) is 0 Å². The number of nitrogens with one attached hydrogen (secondary N) is 1. The van der Waals surface area contributed by atoms with Crippen LogP contribution in [0.25, 0.3) is 0 Å². The first kappa shape index (κ1) is 18.9. The third-order valence-electron chi connectivity index (χ3n) is 3.75. The van der Waals surface area contributed by atoms with Gasteiger partial charge >= 0.3 is 0 Å². The first-order chi connectivity index (χ1) is 13.0. The lowest BCUT2D eigenvalue weighted by atomic mass is 10.3. The largest absolute Gasteiger partial charge is 0.483 e. The number of benzene rings is 2. The average Bonchev–Trinajstić information content (AvgIpc) is 3.03. The summed E-state index contributed by atoms with van der Waals surface area (Å²) in [7, 11) is 1.82. The minimum absolute atomic E-state index is 0.119. The standard InChI is InChI=1S/C19H19FN4O2S/c1-13(26-16-10-8-14(20)9-11-16)18-22-23-19(24(18)2)27-12-17(25)21-15-6-4-3-5-7-15/h3-11,13H,12H2,1-2H3,(H,21,25). The number of para-hydroxylation sites is 1. The van der Waals surface area contributed by atoms with E-state index in [-0.39, 0.29) is 23.6 Å². The van der Waals surface area contributed by atoms with Gasteiger partial charge in [0.15, 0.2) is 17.1 Å². The van der Waals surface area contributed by atoms with E-state index in [9.17, 15) is 9.18 Å². The maximum atomic E-state index is 13.0. The van der Waals surface area contributed by atoms with Crippen molar-refractivity contribution < 1.29 is 13.9 Å². The number of hydrogen-bond donors (Lipinski definition) is 1. The van der Waals surface area contributed by atoms with Crippen LogP contribution in [-0.4, -0.2) is 26.4 Å². The Morgan fingerprint density at radius 2 is 1.89 bits per heavy atom. The van der Waals surface area contributed by atoms with E-state index in [0.717, 1.165) is 5.69 Å². The Morgan fingerprint density at radius 3 is 2.59 bits per heavy atom. The van der Waals surface area contributed by atoms with Crippen LogP contribution in [0.1, 0.15) is 18.9 Å². The highest BCUT2D eigenvalue weighted by molar-refractivity contribution is 7.99. The van der Waals surface area contributed by atoms with Crippen molar-refractivity contribution in [3.63, 3.8) is 0 Å². The molecule has 3 aromatic rings. The van der Waals surface area contributed by atoms with Gasteiger partial charge in [-0.15, -0.1) is 10.2 Å². The van der Waals surface area contributed by atoms with Crippen LogP contribution < -0.4 is 10.1 Å². The van der Waals surface area contributed by atoms with Crippen molar-refractivity contribution in [1.82, 2.24) is 14.8 Å². The molecule has 140 valence electrons. The van der Waals surface area contributed by atoms with E-state index in [1.807, 2.05) is 44.3 Å². The Morgan fingerprint density at radius 1 is 1.19 bits per heavy atom. The molecule has 2 aromatic carbocycles. The van der Waals surface area contributed by atoms with E-state index >= 15 is 0 Å². The quantitative estimate of drug-likeness (QED) is 0.625. The van der Waals surface area contributed by atoms with Crippen molar-refractivity contribution in [2.24, 2.45) is 7.05 Å². The van der Waals surface area contributed by atoms with Crippen LogP contribution in [0.5, 0.6) is 5.75 Å². The highest BCUT2D eigenvalue weighted by Gasteiger charge is 2.18. The summed E-state index contributed by atoms with van der Waals surface area (Å²) in [6.07, 6.45) is -0.375. The molecule has 27 heavy (non-hydrogen) atoms. The molecule has 0 aliphatic rings. The number of thioether (sulfide) groups is 1. The van der Waals surface area contributed by atoms with Crippen LogP contribution in [0.2, 0.25) is 0 Å². The summed E-state index contributed by atoms with van der Waals surface area (Å²) >= 11 is 1.29. The molecular formula is C19H19FN4O2S. The zero-order valence-electron chi connectivity index (χ0n) is 14.9. The van der Waals surface area contributed by atoms with Crippen molar-refractivity contribution in [3.8, 4) is 5.75 Å². The van der Waals surface area contributed by atoms with Gasteiger partial charge in [0.05, 0.1) is 5.75 Å². The number of carbonyl (C=O) groups excluding carboxylic acids is 1. The van der Waals surface area contributed by atoms with Crippen molar-refractivity contribution in [1.29, 1.82) is 0 Å². The maximum absolute atomic E-state index is 13.0. The predicted octanol–water partition coefficient (Wildman–Crippen LogP) is 3.83. The molecule has 1 heterocycles. The van der Waals surface area contributed by atoms with E-state index < -0.39 is 0 Å². The molecule has 0 aliphatic carbocycles. The van der Waals surface area contributed by atoms with Gasteiger partial charge in [-0.05, 0) is 43.3 Å². The number of rotatable bonds is 7. The number of hydrogen-bond acceptors (Lipinski definition) is 5. The van der Waals surface area contributed by atoms with Gasteiger partial charge in [0, 0.05) is 12.7 Å². The van der Waals surface area contributed by atoms with Crippen LogP contribution in [-0.2, 0) is 11.8 Å². The van der Waals surface area contributed by atoms with Gasteiger partial charge < -0.3 is 14.6 Å². The van der Waals surface area contributed by atoms with Gasteiger partial charge in [-0.3, -0.25) is 4.79 Å². The Bertz CT molecular complexity index is 900. The number of amides is 1. The topological polar surface area (TPSA) is 69.0 Å². The molecule has 1 aromatic heterocycles. The van der Waals surface area contributed by atoms with E-state index in [4.69, 9.17) is 4.74 Å². The Hall–Kier alpha value is -2.87. The molecule has 0 fully saturated rings. The number of ether oxygens (including phenoxy) is 1. The first-order valence-electron chi connectivity index (χ1n) is 8.32. The maximum Gasteiger partial charge on any atom is 0.234 e. The van der Waals surface area contributed by atoms with E-state index in [2.05, 4.69) is 15.5 Å². The third kappa shape index (κ3) is 5.07. The zero-order valence-corrected chi connectivity index (χ0v) is 15.7. The second-order valence-electron chi connectivity index (χ2n) is 5.82. The number of nitrogens with zero attached hydrogens (tertiary/aromatic N) is 3. The average molecular weight is 386 g/mol. The second-order valence-corrected chi connectivity index (χ2v) is 6.76. The van der Waals surface area contributed by atoms with Gasteiger partial charge in [-0.1, -0.05) is 30.0 Å². The molecule has 1 atom stereocenters. The SMILES string of the molecule is CC(Oc1ccc(F)cc1)c1nnc(SCC(=O)Nc2ccccc2)n1C. The van der Waals surface area contributed by atoms with Crippen LogP contribution in [0.15, 0.2) is 59.8 Å². The van der Waals surface area contributed by atoms with E-state index in [0.29, 0.717) is 16.7 Å². The van der Waals surface area contributed by atoms with Crippen molar-refractivity contribution in [2.75, 3.05) is 11.1 Å². The molecule has 0 spiro atoms. The highest BCUT2D eigenvalue weighted by Crippen LogP contribution is 2.23.